The van der Waals surface area contributed by atoms with E-state index in [1.54, 1.807) is 26.0 Å². The molecule has 1 rings (SSSR count). The van der Waals surface area contributed by atoms with E-state index in [1.807, 2.05) is 0 Å². The summed E-state index contributed by atoms with van der Waals surface area (Å²) in [6.45, 7) is 6.29. The van der Waals surface area contributed by atoms with Crippen molar-refractivity contribution in [3.63, 3.8) is 0 Å². The molecule has 0 aliphatic carbocycles. The fraction of sp³-hybridized carbons (Fsp3) is 0.333. The van der Waals surface area contributed by atoms with Crippen LogP contribution in [0.3, 0.4) is 0 Å². The number of amides is 2. The molecule has 1 aromatic heterocycles. The Bertz CT molecular complexity index is 465. The van der Waals surface area contributed by atoms with E-state index in [1.165, 1.54) is 13.8 Å². The molecule has 90 valence electrons. The Hall–Kier alpha value is -2.04. The van der Waals surface area contributed by atoms with Crippen molar-refractivity contribution in [2.24, 2.45) is 9.98 Å². The predicted molar refractivity (Wildman–Crippen MR) is 66.6 cm³/mol. The maximum atomic E-state index is 10.8. The number of carbonyl (C=O) groups excluding carboxylic acids is 2. The molecule has 5 nitrogen and oxygen atoms in total. The lowest BCUT2D eigenvalue weighted by Gasteiger charge is -1.97. The van der Waals surface area contributed by atoms with Gasteiger partial charge < -0.3 is 4.98 Å². The first kappa shape index (κ1) is 13.0. The van der Waals surface area contributed by atoms with Crippen molar-refractivity contribution in [2.75, 3.05) is 0 Å². The smallest absolute Gasteiger partial charge is 0.242 e. The van der Waals surface area contributed by atoms with Gasteiger partial charge in [0.1, 0.15) is 0 Å². The van der Waals surface area contributed by atoms with Crippen molar-refractivity contribution in [3.8, 4) is 0 Å². The Morgan fingerprint density at radius 3 is 1.53 bits per heavy atom. The van der Waals surface area contributed by atoms with E-state index in [0.29, 0.717) is 11.4 Å². The second-order valence-electron chi connectivity index (χ2n) is 3.72. The molecule has 0 aliphatic heterocycles. The van der Waals surface area contributed by atoms with Crippen LogP contribution in [-0.2, 0) is 9.59 Å². The van der Waals surface area contributed by atoms with Gasteiger partial charge in [0.2, 0.25) is 11.8 Å². The minimum Gasteiger partial charge on any atom is -0.353 e. The molecule has 0 fully saturated rings. The molecular formula is C12H15N3O2. The minimum absolute atomic E-state index is 0.243. The topological polar surface area (TPSA) is 74.7 Å². The van der Waals surface area contributed by atoms with Crippen molar-refractivity contribution in [1.29, 1.82) is 0 Å². The number of aliphatic imine (C=N–C) groups is 2. The summed E-state index contributed by atoms with van der Waals surface area (Å²) in [5.41, 5.74) is 2.71. The van der Waals surface area contributed by atoms with E-state index in [9.17, 15) is 9.59 Å². The van der Waals surface area contributed by atoms with Gasteiger partial charge in [-0.3, -0.25) is 9.59 Å². The van der Waals surface area contributed by atoms with E-state index >= 15 is 0 Å². The molecule has 0 spiro atoms. The normalized spacial score (nSPS) is 12.7. The third-order valence-corrected chi connectivity index (χ3v) is 2.12. The van der Waals surface area contributed by atoms with Crippen LogP contribution in [-0.4, -0.2) is 28.2 Å². The summed E-state index contributed by atoms with van der Waals surface area (Å²) in [6.07, 6.45) is 0. The molecule has 0 aromatic carbocycles. The molecule has 0 atom stereocenters. The van der Waals surface area contributed by atoms with E-state index in [4.69, 9.17) is 0 Å². The van der Waals surface area contributed by atoms with Crippen LogP contribution in [0.2, 0.25) is 0 Å². The molecule has 0 saturated heterocycles. The monoisotopic (exact) mass is 233 g/mol. The zero-order chi connectivity index (χ0) is 13.0. The molecule has 1 aromatic rings. The van der Waals surface area contributed by atoms with Gasteiger partial charge in [0.15, 0.2) is 0 Å². The molecule has 1 heterocycles. The second-order valence-corrected chi connectivity index (χ2v) is 3.72. The Labute approximate surface area is 99.7 Å². The van der Waals surface area contributed by atoms with Gasteiger partial charge in [0.05, 0.1) is 22.8 Å². The van der Waals surface area contributed by atoms with E-state index in [0.717, 1.165) is 11.4 Å². The van der Waals surface area contributed by atoms with Crippen LogP contribution in [0.5, 0.6) is 0 Å². The van der Waals surface area contributed by atoms with Gasteiger partial charge in [0, 0.05) is 13.8 Å². The van der Waals surface area contributed by atoms with Crippen LogP contribution in [0.15, 0.2) is 22.1 Å². The minimum atomic E-state index is -0.243. The summed E-state index contributed by atoms with van der Waals surface area (Å²) in [6, 6.07) is 3.60. The predicted octanol–water partition coefficient (Wildman–Crippen LogP) is 1.73. The number of nitrogens with zero attached hydrogens (tertiary/aromatic N) is 2. The average Bonchev–Trinajstić information content (AvgIpc) is 2.63. The van der Waals surface area contributed by atoms with Crippen LogP contribution >= 0.6 is 0 Å². The maximum absolute atomic E-state index is 10.8. The lowest BCUT2D eigenvalue weighted by atomic mass is 10.3. The third-order valence-electron chi connectivity index (χ3n) is 2.12. The fourth-order valence-corrected chi connectivity index (χ4v) is 1.41. The number of H-pyrrole nitrogens is 1. The van der Waals surface area contributed by atoms with E-state index < -0.39 is 0 Å². The van der Waals surface area contributed by atoms with E-state index in [-0.39, 0.29) is 11.8 Å². The SMILES string of the molecule is CC(=O)N=C(C)c1ccc(C(C)=NC(C)=O)[nH]1. The maximum Gasteiger partial charge on any atom is 0.242 e. The summed E-state index contributed by atoms with van der Waals surface area (Å²) in [7, 11) is 0. The first-order chi connectivity index (χ1) is 7.90. The largest absolute Gasteiger partial charge is 0.353 e. The summed E-state index contributed by atoms with van der Waals surface area (Å²) >= 11 is 0. The lowest BCUT2D eigenvalue weighted by molar-refractivity contribution is -0.116. The Balaban J connectivity index is 3.00. The van der Waals surface area contributed by atoms with Crippen molar-refractivity contribution >= 4 is 23.2 Å². The van der Waals surface area contributed by atoms with Gasteiger partial charge in [-0.1, -0.05) is 0 Å². The summed E-state index contributed by atoms with van der Waals surface area (Å²) < 4.78 is 0. The summed E-state index contributed by atoms with van der Waals surface area (Å²) in [5, 5.41) is 0. The van der Waals surface area contributed by atoms with Crippen molar-refractivity contribution in [1.82, 2.24) is 4.98 Å². The highest BCUT2D eigenvalue weighted by molar-refractivity contribution is 6.07. The lowest BCUT2D eigenvalue weighted by Crippen LogP contribution is -2.02. The number of aromatic nitrogens is 1. The summed E-state index contributed by atoms with van der Waals surface area (Å²) in [5.74, 6) is -0.486. The Morgan fingerprint density at radius 2 is 1.24 bits per heavy atom. The molecular weight excluding hydrogens is 218 g/mol. The number of hydrogen-bond acceptors (Lipinski definition) is 2. The molecule has 5 heteroatoms. The number of carbonyl (C=O) groups is 2. The van der Waals surface area contributed by atoms with Crippen LogP contribution in [0.25, 0.3) is 0 Å². The standard InChI is InChI=1S/C12H15N3O2/c1-7(13-9(3)16)11-5-6-12(15-11)8(2)14-10(4)17/h5-6,15H,1-4H3. The zero-order valence-electron chi connectivity index (χ0n) is 10.4. The van der Waals surface area contributed by atoms with Crippen molar-refractivity contribution < 1.29 is 9.59 Å². The molecule has 2 amide bonds. The van der Waals surface area contributed by atoms with Gasteiger partial charge in [-0.25, -0.2) is 9.98 Å². The zero-order valence-corrected chi connectivity index (χ0v) is 10.4. The second kappa shape index (κ2) is 5.34. The van der Waals surface area contributed by atoms with Gasteiger partial charge in [-0.15, -0.1) is 0 Å². The number of aromatic amines is 1. The Kier molecular flexibility index (Phi) is 4.09. The quantitative estimate of drug-likeness (QED) is 0.790. The third kappa shape index (κ3) is 3.79. The number of nitrogens with one attached hydrogen (secondary N) is 1. The highest BCUT2D eigenvalue weighted by Crippen LogP contribution is 2.05. The van der Waals surface area contributed by atoms with Crippen LogP contribution < -0.4 is 0 Å². The molecule has 0 saturated carbocycles. The van der Waals surface area contributed by atoms with Gasteiger partial charge in [-0.05, 0) is 26.0 Å². The molecule has 0 aliphatic rings. The van der Waals surface area contributed by atoms with Gasteiger partial charge in [-0.2, -0.15) is 0 Å². The van der Waals surface area contributed by atoms with Crippen LogP contribution in [0, 0.1) is 0 Å². The summed E-state index contributed by atoms with van der Waals surface area (Å²) in [4.78, 5) is 32.4. The average molecular weight is 233 g/mol. The molecule has 1 N–H and O–H groups in total. The molecule has 0 radical (unpaired) electrons. The highest BCUT2D eigenvalue weighted by Gasteiger charge is 2.05. The van der Waals surface area contributed by atoms with Crippen molar-refractivity contribution in [3.05, 3.63) is 23.5 Å². The number of rotatable bonds is 2. The van der Waals surface area contributed by atoms with Crippen LogP contribution in [0.4, 0.5) is 0 Å². The molecule has 0 bridgehead atoms. The van der Waals surface area contributed by atoms with Gasteiger partial charge >= 0.3 is 0 Å². The van der Waals surface area contributed by atoms with Gasteiger partial charge in [0.25, 0.3) is 0 Å². The molecule has 17 heavy (non-hydrogen) atoms. The van der Waals surface area contributed by atoms with Crippen LogP contribution in [0.1, 0.15) is 39.1 Å². The number of hydrogen-bond donors (Lipinski definition) is 1. The highest BCUT2D eigenvalue weighted by atomic mass is 16.1. The molecule has 0 unspecified atom stereocenters. The van der Waals surface area contributed by atoms with E-state index in [2.05, 4.69) is 15.0 Å². The Morgan fingerprint density at radius 1 is 0.882 bits per heavy atom. The van der Waals surface area contributed by atoms with Crippen molar-refractivity contribution in [2.45, 2.75) is 27.7 Å². The first-order valence-corrected chi connectivity index (χ1v) is 5.21. The fourth-order valence-electron chi connectivity index (χ4n) is 1.41. The first-order valence-electron chi connectivity index (χ1n) is 5.21.